The summed E-state index contributed by atoms with van der Waals surface area (Å²) in [5.41, 5.74) is 4.03. The molecule has 0 aliphatic heterocycles. The first-order valence-corrected chi connectivity index (χ1v) is 8.67. The lowest BCUT2D eigenvalue weighted by Crippen LogP contribution is -2.34. The van der Waals surface area contributed by atoms with Crippen molar-refractivity contribution in [3.63, 3.8) is 0 Å². The zero-order valence-corrected chi connectivity index (χ0v) is 14.6. The highest BCUT2D eigenvalue weighted by Crippen LogP contribution is 2.17. The molecular formula is C18H20N4OS. The Morgan fingerprint density at radius 3 is 2.54 bits per heavy atom. The summed E-state index contributed by atoms with van der Waals surface area (Å²) in [6.07, 6.45) is 0. The number of aromatic nitrogens is 2. The molecule has 3 aromatic rings. The first-order chi connectivity index (χ1) is 11.6. The Kier molecular flexibility index (Phi) is 4.96. The highest BCUT2D eigenvalue weighted by atomic mass is 32.1. The second-order valence-electron chi connectivity index (χ2n) is 5.51. The maximum Gasteiger partial charge on any atom is 0.315 e. The number of para-hydroxylation sites is 1. The fraction of sp³-hybridized carbons (Fsp3) is 0.222. The molecular weight excluding hydrogens is 320 g/mol. The van der Waals surface area contributed by atoms with Gasteiger partial charge in [-0.3, -0.25) is 0 Å². The summed E-state index contributed by atoms with van der Waals surface area (Å²) in [5.74, 6) is 0. The molecule has 124 valence electrons. The van der Waals surface area contributed by atoms with Gasteiger partial charge in [0.2, 0.25) is 0 Å². The average Bonchev–Trinajstić information content (AvgIpc) is 3.21. The quantitative estimate of drug-likeness (QED) is 0.746. The first-order valence-electron chi connectivity index (χ1n) is 7.80. The van der Waals surface area contributed by atoms with Crippen LogP contribution in [-0.2, 0) is 13.1 Å². The van der Waals surface area contributed by atoms with E-state index < -0.39 is 0 Å². The van der Waals surface area contributed by atoms with E-state index in [-0.39, 0.29) is 6.03 Å². The topological polar surface area (TPSA) is 59.0 Å². The zero-order chi connectivity index (χ0) is 16.9. The van der Waals surface area contributed by atoms with Crippen molar-refractivity contribution in [1.29, 1.82) is 0 Å². The Labute approximate surface area is 145 Å². The highest BCUT2D eigenvalue weighted by Gasteiger charge is 2.13. The summed E-state index contributed by atoms with van der Waals surface area (Å²) in [4.78, 5) is 13.1. The van der Waals surface area contributed by atoms with Crippen LogP contribution in [0.3, 0.4) is 0 Å². The molecule has 0 bridgehead atoms. The Morgan fingerprint density at radius 1 is 1.08 bits per heavy atom. The highest BCUT2D eigenvalue weighted by molar-refractivity contribution is 7.09. The van der Waals surface area contributed by atoms with Gasteiger partial charge in [-0.15, -0.1) is 11.3 Å². The molecule has 2 amide bonds. The van der Waals surface area contributed by atoms with Crippen LogP contribution in [0, 0.1) is 13.8 Å². The summed E-state index contributed by atoms with van der Waals surface area (Å²) in [7, 11) is 0. The normalized spacial score (nSPS) is 10.6. The molecule has 0 spiro atoms. The lowest BCUT2D eigenvalue weighted by Gasteiger charge is -2.08. The predicted molar refractivity (Wildman–Crippen MR) is 96.4 cm³/mol. The van der Waals surface area contributed by atoms with Gasteiger partial charge < -0.3 is 10.6 Å². The fourth-order valence-electron chi connectivity index (χ4n) is 2.56. The monoisotopic (exact) mass is 340 g/mol. The van der Waals surface area contributed by atoms with Crippen molar-refractivity contribution >= 4 is 17.4 Å². The number of urea groups is 1. The molecule has 1 aromatic carbocycles. The molecule has 6 heteroatoms. The number of nitrogens with one attached hydrogen (secondary N) is 2. The Bertz CT molecular complexity index is 809. The van der Waals surface area contributed by atoms with Gasteiger partial charge in [0.25, 0.3) is 0 Å². The van der Waals surface area contributed by atoms with Crippen LogP contribution in [0.4, 0.5) is 4.79 Å². The molecule has 2 aromatic heterocycles. The molecule has 0 aliphatic carbocycles. The van der Waals surface area contributed by atoms with Crippen LogP contribution in [0.1, 0.15) is 21.8 Å². The van der Waals surface area contributed by atoms with E-state index in [1.54, 1.807) is 11.3 Å². The van der Waals surface area contributed by atoms with Gasteiger partial charge >= 0.3 is 6.03 Å². The van der Waals surface area contributed by atoms with E-state index in [4.69, 9.17) is 0 Å². The lowest BCUT2D eigenvalue weighted by atomic mass is 10.2. The van der Waals surface area contributed by atoms with Crippen LogP contribution in [0.25, 0.3) is 5.69 Å². The van der Waals surface area contributed by atoms with E-state index in [1.165, 1.54) is 0 Å². The van der Waals surface area contributed by atoms with E-state index in [1.807, 2.05) is 66.4 Å². The Balaban J connectivity index is 1.63. The molecule has 5 nitrogen and oxygen atoms in total. The van der Waals surface area contributed by atoms with Crippen molar-refractivity contribution in [3.05, 3.63) is 69.7 Å². The Hall–Kier alpha value is -2.60. The molecule has 0 saturated heterocycles. The number of carbonyl (C=O) groups excluding carboxylic acids is 1. The number of carbonyl (C=O) groups is 1. The van der Waals surface area contributed by atoms with Crippen molar-refractivity contribution < 1.29 is 4.79 Å². The zero-order valence-electron chi connectivity index (χ0n) is 13.7. The van der Waals surface area contributed by atoms with E-state index in [0.29, 0.717) is 13.1 Å². The van der Waals surface area contributed by atoms with Gasteiger partial charge in [-0.2, -0.15) is 5.10 Å². The number of nitrogens with zero attached hydrogens (tertiary/aromatic N) is 2. The summed E-state index contributed by atoms with van der Waals surface area (Å²) >= 11 is 1.63. The minimum Gasteiger partial charge on any atom is -0.334 e. The summed E-state index contributed by atoms with van der Waals surface area (Å²) in [6.45, 7) is 4.99. The van der Waals surface area contributed by atoms with Crippen molar-refractivity contribution in [2.45, 2.75) is 26.9 Å². The third kappa shape index (κ3) is 3.65. The molecule has 0 fully saturated rings. The fourth-order valence-corrected chi connectivity index (χ4v) is 3.21. The van der Waals surface area contributed by atoms with Crippen LogP contribution < -0.4 is 10.6 Å². The van der Waals surface area contributed by atoms with Crippen molar-refractivity contribution in [1.82, 2.24) is 20.4 Å². The minimum absolute atomic E-state index is 0.172. The van der Waals surface area contributed by atoms with Crippen molar-refractivity contribution in [3.8, 4) is 5.69 Å². The van der Waals surface area contributed by atoms with Crippen molar-refractivity contribution in [2.75, 3.05) is 0 Å². The van der Waals surface area contributed by atoms with Gasteiger partial charge in [0, 0.05) is 22.7 Å². The maximum absolute atomic E-state index is 12.0. The summed E-state index contributed by atoms with van der Waals surface area (Å²) < 4.78 is 1.91. The van der Waals surface area contributed by atoms with Gasteiger partial charge in [-0.05, 0) is 37.4 Å². The van der Waals surface area contributed by atoms with Gasteiger partial charge in [-0.1, -0.05) is 24.3 Å². The number of hydrogen-bond acceptors (Lipinski definition) is 3. The van der Waals surface area contributed by atoms with Crippen LogP contribution in [0.5, 0.6) is 0 Å². The largest absolute Gasteiger partial charge is 0.334 e. The van der Waals surface area contributed by atoms with Crippen LogP contribution in [0.2, 0.25) is 0 Å². The predicted octanol–water partition coefficient (Wildman–Crippen LogP) is 3.55. The number of amides is 2. The molecule has 3 rings (SSSR count). The molecule has 0 unspecified atom stereocenters. The molecule has 0 saturated carbocycles. The van der Waals surface area contributed by atoms with E-state index in [0.717, 1.165) is 27.5 Å². The number of thiophene rings is 1. The number of rotatable bonds is 5. The van der Waals surface area contributed by atoms with Gasteiger partial charge in [0.05, 0.1) is 17.9 Å². The SMILES string of the molecule is Cc1nn(-c2ccccc2)c(C)c1CNC(=O)NCc1cccs1. The standard InChI is InChI=1S/C18H20N4OS/c1-13-17(12-20-18(23)19-11-16-9-6-10-24-16)14(2)22(21-13)15-7-4-3-5-8-15/h3-10H,11-12H2,1-2H3,(H2,19,20,23). The third-order valence-corrected chi connectivity index (χ3v) is 4.75. The number of benzene rings is 1. The minimum atomic E-state index is -0.172. The van der Waals surface area contributed by atoms with Crippen LogP contribution >= 0.6 is 11.3 Å². The Morgan fingerprint density at radius 2 is 1.83 bits per heavy atom. The van der Waals surface area contributed by atoms with Crippen molar-refractivity contribution in [2.24, 2.45) is 0 Å². The maximum atomic E-state index is 12.0. The first kappa shape index (κ1) is 16.3. The molecule has 2 N–H and O–H groups in total. The second-order valence-corrected chi connectivity index (χ2v) is 6.54. The lowest BCUT2D eigenvalue weighted by molar-refractivity contribution is 0.240. The summed E-state index contributed by atoms with van der Waals surface area (Å²) in [5, 5.41) is 12.4. The molecule has 0 radical (unpaired) electrons. The molecule has 0 atom stereocenters. The molecule has 0 aliphatic rings. The smallest absolute Gasteiger partial charge is 0.315 e. The average molecular weight is 340 g/mol. The van der Waals surface area contributed by atoms with Gasteiger partial charge in [-0.25, -0.2) is 9.48 Å². The summed E-state index contributed by atoms with van der Waals surface area (Å²) in [6, 6.07) is 13.8. The van der Waals surface area contributed by atoms with Crippen LogP contribution in [0.15, 0.2) is 47.8 Å². The van der Waals surface area contributed by atoms with E-state index >= 15 is 0 Å². The molecule has 24 heavy (non-hydrogen) atoms. The van der Waals surface area contributed by atoms with Crippen LogP contribution in [-0.4, -0.2) is 15.8 Å². The number of aryl methyl sites for hydroxylation is 1. The second kappa shape index (κ2) is 7.31. The third-order valence-electron chi connectivity index (χ3n) is 3.87. The number of hydrogen-bond donors (Lipinski definition) is 2. The van der Waals surface area contributed by atoms with Gasteiger partial charge in [0.1, 0.15) is 0 Å². The van der Waals surface area contributed by atoms with Gasteiger partial charge in [0.15, 0.2) is 0 Å². The van der Waals surface area contributed by atoms with E-state index in [9.17, 15) is 4.79 Å². The molecule has 2 heterocycles. The van der Waals surface area contributed by atoms with E-state index in [2.05, 4.69) is 15.7 Å².